The summed E-state index contributed by atoms with van der Waals surface area (Å²) >= 11 is 0. The zero-order valence-corrected chi connectivity index (χ0v) is 15.2. The van der Waals surface area contributed by atoms with Gasteiger partial charge in [-0.2, -0.15) is 0 Å². The molecule has 1 heterocycles. The number of phenolic OH excluding ortho intramolecular Hbond substituents is 1. The van der Waals surface area contributed by atoms with Crippen LogP contribution in [0.4, 0.5) is 10.1 Å². The van der Waals surface area contributed by atoms with Crippen molar-refractivity contribution in [1.82, 2.24) is 0 Å². The maximum absolute atomic E-state index is 14.4. The Morgan fingerprint density at radius 1 is 1.26 bits per heavy atom. The van der Waals surface area contributed by atoms with E-state index in [1.807, 2.05) is 11.8 Å². The highest BCUT2D eigenvalue weighted by atomic mass is 19.1. The molecule has 1 aliphatic rings. The lowest BCUT2D eigenvalue weighted by molar-refractivity contribution is 0.104. The molecule has 0 amide bonds. The topological polar surface area (TPSA) is 59.0 Å². The Morgan fingerprint density at radius 3 is 2.74 bits per heavy atom. The summed E-state index contributed by atoms with van der Waals surface area (Å²) in [7, 11) is 0. The highest BCUT2D eigenvalue weighted by Crippen LogP contribution is 2.27. The van der Waals surface area contributed by atoms with Crippen molar-refractivity contribution in [3.63, 3.8) is 0 Å². The first-order valence-corrected chi connectivity index (χ1v) is 8.89. The molecule has 2 aromatic rings. The van der Waals surface area contributed by atoms with Gasteiger partial charge >= 0.3 is 0 Å². The summed E-state index contributed by atoms with van der Waals surface area (Å²) < 4.78 is 25.0. The molecule has 0 bridgehead atoms. The number of allylic oxidation sites excluding steroid dienone is 1. The lowest BCUT2D eigenvalue weighted by Crippen LogP contribution is -2.36. The summed E-state index contributed by atoms with van der Waals surface area (Å²) in [6, 6.07) is 9.35. The van der Waals surface area contributed by atoms with Gasteiger partial charge in [-0.25, -0.2) is 4.39 Å². The second-order valence-electron chi connectivity index (χ2n) is 6.12. The number of ketones is 1. The van der Waals surface area contributed by atoms with Gasteiger partial charge in [0, 0.05) is 18.7 Å². The molecule has 0 unspecified atom stereocenters. The van der Waals surface area contributed by atoms with E-state index in [1.165, 1.54) is 18.2 Å². The first-order chi connectivity index (χ1) is 13.1. The Kier molecular flexibility index (Phi) is 6.08. The predicted octanol–water partition coefficient (Wildman–Crippen LogP) is 3.66. The number of aromatic hydroxyl groups is 1. The molecule has 3 rings (SSSR count). The Balaban J connectivity index is 1.73. The molecule has 142 valence electrons. The Morgan fingerprint density at radius 2 is 2.04 bits per heavy atom. The molecule has 1 saturated heterocycles. The van der Waals surface area contributed by atoms with E-state index >= 15 is 0 Å². The summed E-state index contributed by atoms with van der Waals surface area (Å²) in [6.45, 7) is 4.65. The minimum absolute atomic E-state index is 0.0427. The number of carbonyl (C=O) groups excluding carboxylic acids is 1. The average molecular weight is 371 g/mol. The summed E-state index contributed by atoms with van der Waals surface area (Å²) in [4.78, 5) is 14.3. The van der Waals surface area contributed by atoms with Crippen LogP contribution in [0.15, 0.2) is 42.5 Å². The Bertz CT molecular complexity index is 844. The fraction of sp³-hybridized carbons (Fsp3) is 0.286. The summed E-state index contributed by atoms with van der Waals surface area (Å²) in [5.41, 5.74) is 1.47. The van der Waals surface area contributed by atoms with Crippen molar-refractivity contribution < 1.29 is 23.8 Å². The second kappa shape index (κ2) is 8.68. The number of morpholine rings is 1. The van der Waals surface area contributed by atoms with Gasteiger partial charge in [-0.15, -0.1) is 0 Å². The maximum Gasteiger partial charge on any atom is 0.185 e. The number of anilines is 1. The van der Waals surface area contributed by atoms with E-state index in [4.69, 9.17) is 9.47 Å². The third-order valence-corrected chi connectivity index (χ3v) is 4.29. The van der Waals surface area contributed by atoms with Crippen molar-refractivity contribution in [3.8, 4) is 11.5 Å². The van der Waals surface area contributed by atoms with Crippen LogP contribution in [0.2, 0.25) is 0 Å². The van der Waals surface area contributed by atoms with Crippen LogP contribution in [-0.4, -0.2) is 43.8 Å². The molecule has 0 spiro atoms. The maximum atomic E-state index is 14.4. The molecule has 1 N–H and O–H groups in total. The number of ether oxygens (including phenoxy) is 2. The number of hydrogen-bond acceptors (Lipinski definition) is 5. The van der Waals surface area contributed by atoms with E-state index in [1.54, 1.807) is 30.3 Å². The van der Waals surface area contributed by atoms with Crippen molar-refractivity contribution in [3.05, 3.63) is 59.4 Å². The highest BCUT2D eigenvalue weighted by molar-refractivity contribution is 6.07. The lowest BCUT2D eigenvalue weighted by atomic mass is 10.1. The zero-order valence-electron chi connectivity index (χ0n) is 15.2. The summed E-state index contributed by atoms with van der Waals surface area (Å²) in [5.74, 6) is -0.318. The van der Waals surface area contributed by atoms with Crippen LogP contribution >= 0.6 is 0 Å². The largest absolute Gasteiger partial charge is 0.504 e. The third-order valence-electron chi connectivity index (χ3n) is 4.29. The highest BCUT2D eigenvalue weighted by Gasteiger charge is 2.16. The fourth-order valence-electron chi connectivity index (χ4n) is 2.89. The lowest BCUT2D eigenvalue weighted by Gasteiger charge is -2.29. The van der Waals surface area contributed by atoms with Gasteiger partial charge in [-0.1, -0.05) is 12.1 Å². The van der Waals surface area contributed by atoms with Crippen LogP contribution in [-0.2, 0) is 4.74 Å². The molecule has 0 radical (unpaired) electrons. The van der Waals surface area contributed by atoms with E-state index in [9.17, 15) is 14.3 Å². The smallest absolute Gasteiger partial charge is 0.185 e. The number of nitrogens with zero attached hydrogens (tertiary/aromatic N) is 1. The van der Waals surface area contributed by atoms with Gasteiger partial charge in [0.1, 0.15) is 5.82 Å². The first kappa shape index (κ1) is 18.9. The number of carbonyl (C=O) groups is 1. The van der Waals surface area contributed by atoms with Gasteiger partial charge in [-0.3, -0.25) is 4.79 Å². The van der Waals surface area contributed by atoms with Crippen molar-refractivity contribution >= 4 is 17.5 Å². The Hall–Kier alpha value is -2.86. The molecule has 6 heteroatoms. The van der Waals surface area contributed by atoms with Crippen LogP contribution in [0.1, 0.15) is 22.8 Å². The van der Waals surface area contributed by atoms with Crippen molar-refractivity contribution in [1.29, 1.82) is 0 Å². The molecule has 0 aromatic heterocycles. The van der Waals surface area contributed by atoms with E-state index in [2.05, 4.69) is 0 Å². The van der Waals surface area contributed by atoms with Gasteiger partial charge in [0.15, 0.2) is 17.3 Å². The van der Waals surface area contributed by atoms with Crippen molar-refractivity contribution in [2.75, 3.05) is 37.8 Å². The molecular weight excluding hydrogens is 349 g/mol. The van der Waals surface area contributed by atoms with Crippen molar-refractivity contribution in [2.24, 2.45) is 0 Å². The summed E-state index contributed by atoms with van der Waals surface area (Å²) in [5, 5.41) is 9.72. The number of rotatable bonds is 6. The molecule has 2 aromatic carbocycles. The Labute approximate surface area is 157 Å². The molecule has 1 fully saturated rings. The molecule has 0 atom stereocenters. The normalized spacial score (nSPS) is 14.5. The molecular formula is C21H22FNO4. The standard InChI is InChI=1S/C21H22FNO4/c1-2-27-21-13-15(4-8-20(21)25)3-7-19(24)16-5-6-18(17(22)14-16)23-9-11-26-12-10-23/h3-8,13-14,25H,2,9-12H2,1H3/b7-3+. The summed E-state index contributed by atoms with van der Waals surface area (Å²) in [6.07, 6.45) is 2.99. The van der Waals surface area contributed by atoms with E-state index < -0.39 is 5.82 Å². The number of hydrogen-bond donors (Lipinski definition) is 1. The molecule has 0 saturated carbocycles. The third kappa shape index (κ3) is 4.65. The zero-order chi connectivity index (χ0) is 19.2. The van der Waals surface area contributed by atoms with Gasteiger partial charge in [0.2, 0.25) is 0 Å². The monoisotopic (exact) mass is 371 g/mol. The second-order valence-corrected chi connectivity index (χ2v) is 6.12. The van der Waals surface area contributed by atoms with Crippen molar-refractivity contribution in [2.45, 2.75) is 6.92 Å². The number of phenols is 1. The number of benzene rings is 2. The first-order valence-electron chi connectivity index (χ1n) is 8.89. The van der Waals surface area contributed by atoms with E-state index in [0.29, 0.717) is 49.9 Å². The van der Waals surface area contributed by atoms with Gasteiger partial charge in [0.05, 0.1) is 25.5 Å². The minimum Gasteiger partial charge on any atom is -0.504 e. The fourth-order valence-corrected chi connectivity index (χ4v) is 2.89. The van der Waals surface area contributed by atoms with Crippen LogP contribution in [0, 0.1) is 5.82 Å². The minimum atomic E-state index is -0.417. The number of halogens is 1. The SMILES string of the molecule is CCOc1cc(/C=C/C(=O)c2ccc(N3CCOCC3)c(F)c2)ccc1O. The van der Waals surface area contributed by atoms with Gasteiger partial charge in [-0.05, 0) is 48.9 Å². The van der Waals surface area contributed by atoms with E-state index in [0.717, 1.165) is 0 Å². The van der Waals surface area contributed by atoms with Crippen LogP contribution in [0.3, 0.4) is 0 Å². The van der Waals surface area contributed by atoms with Crippen LogP contribution in [0.5, 0.6) is 11.5 Å². The predicted molar refractivity (Wildman–Crippen MR) is 102 cm³/mol. The quantitative estimate of drug-likeness (QED) is 0.620. The van der Waals surface area contributed by atoms with Crippen LogP contribution < -0.4 is 9.64 Å². The van der Waals surface area contributed by atoms with Gasteiger partial charge < -0.3 is 19.5 Å². The van der Waals surface area contributed by atoms with Crippen LogP contribution in [0.25, 0.3) is 6.08 Å². The van der Waals surface area contributed by atoms with Gasteiger partial charge in [0.25, 0.3) is 0 Å². The molecule has 1 aliphatic heterocycles. The molecule has 27 heavy (non-hydrogen) atoms. The molecule has 5 nitrogen and oxygen atoms in total. The van der Waals surface area contributed by atoms with E-state index in [-0.39, 0.29) is 17.1 Å². The molecule has 0 aliphatic carbocycles. The average Bonchev–Trinajstić information content (AvgIpc) is 2.69.